The lowest BCUT2D eigenvalue weighted by molar-refractivity contribution is -0.245. The molecule has 3 fully saturated rings. The molecule has 2 spiro atoms. The van der Waals surface area contributed by atoms with E-state index in [0.29, 0.717) is 11.8 Å². The molecule has 1 unspecified atom stereocenters. The first kappa shape index (κ1) is 21.3. The highest BCUT2D eigenvalue weighted by Gasteiger charge is 2.80. The lowest BCUT2D eigenvalue weighted by Gasteiger charge is -2.72. The molecule has 7 aliphatic rings. The summed E-state index contributed by atoms with van der Waals surface area (Å²) in [5, 5.41) is 22.1. The highest BCUT2D eigenvalue weighted by molar-refractivity contribution is 5.85. The van der Waals surface area contributed by atoms with Crippen molar-refractivity contribution in [1.82, 2.24) is 4.90 Å². The summed E-state index contributed by atoms with van der Waals surface area (Å²) in [6.45, 7) is 6.09. The number of benzene rings is 1. The van der Waals surface area contributed by atoms with Crippen molar-refractivity contribution in [2.45, 2.75) is 74.7 Å². The molecule has 2 N–H and O–H groups in total. The van der Waals surface area contributed by atoms with Gasteiger partial charge in [0.25, 0.3) is 0 Å². The molecular formula is C26H34ClNO4. The van der Waals surface area contributed by atoms with Crippen LogP contribution in [-0.2, 0) is 16.6 Å². The van der Waals surface area contributed by atoms with Crippen LogP contribution in [0.4, 0.5) is 0 Å². The number of piperidine rings is 1. The number of hydrogen-bond acceptors (Lipinski definition) is 5. The van der Waals surface area contributed by atoms with Crippen LogP contribution in [-0.4, -0.2) is 58.7 Å². The maximum Gasteiger partial charge on any atom is 0.165 e. The Morgan fingerprint density at radius 2 is 2.03 bits per heavy atom. The average Bonchev–Trinajstić information content (AvgIpc) is 3.47. The van der Waals surface area contributed by atoms with Gasteiger partial charge in [0.15, 0.2) is 11.5 Å². The minimum atomic E-state index is -0.897. The zero-order valence-electron chi connectivity index (χ0n) is 19.1. The quantitative estimate of drug-likeness (QED) is 0.674. The molecule has 0 aromatic heterocycles. The van der Waals surface area contributed by atoms with Gasteiger partial charge in [-0.2, -0.15) is 0 Å². The van der Waals surface area contributed by atoms with Crippen LogP contribution >= 0.6 is 12.4 Å². The topological polar surface area (TPSA) is 62.2 Å². The van der Waals surface area contributed by atoms with Crippen molar-refractivity contribution in [2.75, 3.05) is 20.2 Å². The van der Waals surface area contributed by atoms with Crippen LogP contribution < -0.4 is 4.74 Å². The summed E-state index contributed by atoms with van der Waals surface area (Å²) in [4.78, 5) is 2.75. The Kier molecular flexibility index (Phi) is 4.15. The van der Waals surface area contributed by atoms with Gasteiger partial charge in [-0.15, -0.1) is 12.4 Å². The Morgan fingerprint density at radius 1 is 1.25 bits per heavy atom. The number of phenols is 1. The number of nitrogens with zero attached hydrogens (tertiary/aromatic N) is 1. The normalized spacial score (nSPS) is 42.9. The second-order valence-corrected chi connectivity index (χ2v) is 11.7. The monoisotopic (exact) mass is 459 g/mol. The van der Waals surface area contributed by atoms with Gasteiger partial charge in [0.05, 0.1) is 11.0 Å². The minimum absolute atomic E-state index is 0. The number of hydrogen-bond donors (Lipinski definition) is 2. The van der Waals surface area contributed by atoms with Gasteiger partial charge < -0.3 is 19.7 Å². The lowest BCUT2D eigenvalue weighted by Crippen LogP contribution is -2.80. The van der Waals surface area contributed by atoms with Crippen LogP contribution in [0.2, 0.25) is 0 Å². The summed E-state index contributed by atoms with van der Waals surface area (Å²) in [5.74, 6) is 1.68. The Hall–Kier alpha value is -1.27. The first-order valence-electron chi connectivity index (χ1n) is 12.0. The highest BCUT2D eigenvalue weighted by Crippen LogP contribution is 2.75. The number of fused-ring (bicyclic) bond motifs is 1. The maximum atomic E-state index is 11.3. The van der Waals surface area contributed by atoms with Crippen LogP contribution in [0, 0.1) is 17.3 Å². The molecule has 1 aromatic rings. The number of likely N-dealkylation sites (tertiary alicyclic amines) is 1. The predicted octanol–water partition coefficient (Wildman–Crippen LogP) is 3.59. The number of phenolic OH excluding ortho intramolecular Hbond substituents is 1. The van der Waals surface area contributed by atoms with E-state index in [9.17, 15) is 10.2 Å². The predicted molar refractivity (Wildman–Crippen MR) is 124 cm³/mol. The largest absolute Gasteiger partial charge is 0.504 e. The van der Waals surface area contributed by atoms with Crippen LogP contribution in [0.15, 0.2) is 24.3 Å². The van der Waals surface area contributed by atoms with Crippen LogP contribution in [0.3, 0.4) is 0 Å². The first-order chi connectivity index (χ1) is 14.8. The third kappa shape index (κ3) is 2.18. The number of rotatable bonds is 4. The second-order valence-electron chi connectivity index (χ2n) is 11.7. The number of aromatic hydroxyl groups is 1. The lowest BCUT2D eigenvalue weighted by atomic mass is 9.36. The van der Waals surface area contributed by atoms with E-state index in [4.69, 9.17) is 9.47 Å². The van der Waals surface area contributed by atoms with E-state index < -0.39 is 11.2 Å². The summed E-state index contributed by atoms with van der Waals surface area (Å²) in [5.41, 5.74) is 0.654. The third-order valence-corrected chi connectivity index (χ3v) is 9.96. The van der Waals surface area contributed by atoms with E-state index >= 15 is 0 Å². The Morgan fingerprint density at radius 3 is 2.72 bits per heavy atom. The van der Waals surface area contributed by atoms with E-state index in [1.165, 1.54) is 30.5 Å². The molecule has 6 atom stereocenters. The van der Waals surface area contributed by atoms with Gasteiger partial charge in [-0.3, -0.25) is 4.90 Å². The van der Waals surface area contributed by atoms with Gasteiger partial charge in [0.2, 0.25) is 0 Å². The molecule has 0 radical (unpaired) electrons. The van der Waals surface area contributed by atoms with E-state index in [1.54, 1.807) is 7.11 Å². The third-order valence-electron chi connectivity index (χ3n) is 9.96. The fraction of sp³-hybridized carbons (Fsp3) is 0.692. The number of halogens is 1. The van der Waals surface area contributed by atoms with Gasteiger partial charge in [-0.05, 0) is 70.0 Å². The number of ether oxygens (including phenoxy) is 2. The first-order valence-corrected chi connectivity index (χ1v) is 12.0. The second kappa shape index (κ2) is 6.24. The molecule has 4 bridgehead atoms. The molecule has 8 rings (SSSR count). The molecule has 6 heteroatoms. The zero-order chi connectivity index (χ0) is 21.4. The SMILES string of the molecule is CO[C@@]12C=C[C@@]3(CC1C(C)(C)O)[C@H]1Cc4ccc(O)c5c4[C@@]3(CCN1CC1CC1)[C@H]2O5.Cl. The van der Waals surface area contributed by atoms with Gasteiger partial charge >= 0.3 is 0 Å². The molecule has 174 valence electrons. The number of aliphatic hydroxyl groups is 1. The highest BCUT2D eigenvalue weighted by atomic mass is 35.5. The standard InChI is InChI=1S/C26H33NO4.ClH/c1-23(2,29)18-13-24-8-9-26(18,30-3)22-25(24)10-11-27(14-15-4-5-15)19(24)12-16-6-7-17(28)21(31-22)20(16)25;/h6-9,15,18-19,22,28-29H,4-5,10-14H2,1-3H3;1H/t18?,19-,22-,24-,25+,26+;/m1./s1. The van der Waals surface area contributed by atoms with Crippen molar-refractivity contribution in [3.8, 4) is 11.5 Å². The zero-order valence-corrected chi connectivity index (χ0v) is 20.0. The van der Waals surface area contributed by atoms with Gasteiger partial charge in [0.1, 0.15) is 11.7 Å². The van der Waals surface area contributed by atoms with Crippen molar-refractivity contribution >= 4 is 12.4 Å². The fourth-order valence-electron chi connectivity index (χ4n) is 8.58. The number of methoxy groups -OCH3 is 1. The molecule has 1 aromatic carbocycles. The van der Waals surface area contributed by atoms with Crippen molar-refractivity contribution < 1.29 is 19.7 Å². The summed E-state index contributed by atoms with van der Waals surface area (Å²) >= 11 is 0. The molecular weight excluding hydrogens is 426 g/mol. The molecule has 5 aliphatic carbocycles. The smallest absolute Gasteiger partial charge is 0.165 e. The van der Waals surface area contributed by atoms with E-state index in [-0.39, 0.29) is 41.0 Å². The van der Waals surface area contributed by atoms with E-state index in [1.807, 2.05) is 19.9 Å². The van der Waals surface area contributed by atoms with Crippen molar-refractivity contribution in [3.63, 3.8) is 0 Å². The van der Waals surface area contributed by atoms with Gasteiger partial charge in [-0.1, -0.05) is 18.2 Å². The van der Waals surface area contributed by atoms with Crippen LogP contribution in [0.25, 0.3) is 0 Å². The Balaban J connectivity index is 0.00000196. The summed E-state index contributed by atoms with van der Waals surface area (Å²) in [6, 6.07) is 4.33. The van der Waals surface area contributed by atoms with Gasteiger partial charge in [-0.25, -0.2) is 0 Å². The van der Waals surface area contributed by atoms with E-state index in [2.05, 4.69) is 23.1 Å². The average molecular weight is 460 g/mol. The van der Waals surface area contributed by atoms with Crippen molar-refractivity contribution in [3.05, 3.63) is 35.4 Å². The molecule has 2 saturated carbocycles. The van der Waals surface area contributed by atoms with Crippen LogP contribution in [0.1, 0.15) is 50.7 Å². The molecule has 0 amide bonds. The Bertz CT molecular complexity index is 1020. The van der Waals surface area contributed by atoms with Gasteiger partial charge in [0, 0.05) is 36.6 Å². The summed E-state index contributed by atoms with van der Waals surface area (Å²) < 4.78 is 13.1. The Labute approximate surface area is 196 Å². The molecule has 5 nitrogen and oxygen atoms in total. The van der Waals surface area contributed by atoms with Crippen molar-refractivity contribution in [1.29, 1.82) is 0 Å². The van der Waals surface area contributed by atoms with Crippen molar-refractivity contribution in [2.24, 2.45) is 17.3 Å². The molecule has 2 aliphatic heterocycles. The summed E-state index contributed by atoms with van der Waals surface area (Å²) in [7, 11) is 1.76. The van der Waals surface area contributed by atoms with E-state index in [0.717, 1.165) is 31.7 Å². The fourth-order valence-corrected chi connectivity index (χ4v) is 8.58. The molecule has 2 heterocycles. The van der Waals surface area contributed by atoms with Crippen LogP contribution in [0.5, 0.6) is 11.5 Å². The molecule has 32 heavy (non-hydrogen) atoms. The summed E-state index contributed by atoms with van der Waals surface area (Å²) in [6.07, 6.45) is 10.0. The molecule has 1 saturated heterocycles. The minimum Gasteiger partial charge on any atom is -0.504 e. The maximum absolute atomic E-state index is 11.3.